The number of halogens is 1. The van der Waals surface area contributed by atoms with Crippen LogP contribution in [0, 0.1) is 12.5 Å². The van der Waals surface area contributed by atoms with E-state index in [0.717, 1.165) is 18.6 Å². The maximum Gasteiger partial charge on any atom is 1.00 e. The number of benzene rings is 1. The van der Waals surface area contributed by atoms with Crippen molar-refractivity contribution in [3.8, 4) is 11.5 Å². The zero-order valence-corrected chi connectivity index (χ0v) is 18.7. The molecule has 5 heteroatoms. The van der Waals surface area contributed by atoms with Crippen LogP contribution in [0.25, 0.3) is 0 Å². The van der Waals surface area contributed by atoms with E-state index in [1.165, 1.54) is 0 Å². The Morgan fingerprint density at radius 3 is 2.89 bits per heavy atom. The first-order valence-corrected chi connectivity index (χ1v) is 6.64. The molecule has 0 amide bonds. The summed E-state index contributed by atoms with van der Waals surface area (Å²) >= 11 is 6.05. The minimum atomic E-state index is -0.208. The van der Waals surface area contributed by atoms with Crippen molar-refractivity contribution in [1.29, 1.82) is 0 Å². The molecule has 2 rings (SSSR count). The molecule has 2 atom stereocenters. The van der Waals surface area contributed by atoms with Crippen LogP contribution in [0.4, 0.5) is 0 Å². The van der Waals surface area contributed by atoms with Crippen molar-refractivity contribution in [2.24, 2.45) is 5.92 Å². The molecule has 1 aromatic rings. The van der Waals surface area contributed by atoms with Crippen molar-refractivity contribution >= 4 is 11.6 Å². The third kappa shape index (κ3) is 5.79. The van der Waals surface area contributed by atoms with E-state index in [9.17, 15) is 0 Å². The monoisotopic (exact) mass is 402 g/mol. The molecule has 3 nitrogen and oxygen atoms in total. The minimum Gasteiger partial charge on any atom is -0.520 e. The van der Waals surface area contributed by atoms with E-state index < -0.39 is 0 Å². The molecule has 0 N–H and O–H groups in total. The quantitative estimate of drug-likeness (QED) is 0.689. The van der Waals surface area contributed by atoms with Gasteiger partial charge in [-0.1, -0.05) is 25.4 Å². The second-order valence-corrected chi connectivity index (χ2v) is 4.88. The molecule has 1 fully saturated rings. The fourth-order valence-electron chi connectivity index (χ4n) is 1.74. The van der Waals surface area contributed by atoms with Gasteiger partial charge in [0.2, 0.25) is 0 Å². The van der Waals surface area contributed by atoms with E-state index in [1.54, 1.807) is 6.07 Å². The van der Waals surface area contributed by atoms with Gasteiger partial charge in [0.1, 0.15) is 11.5 Å². The van der Waals surface area contributed by atoms with Gasteiger partial charge in [0, 0.05) is 6.07 Å². The van der Waals surface area contributed by atoms with E-state index >= 15 is 0 Å². The Labute approximate surface area is 178 Å². The van der Waals surface area contributed by atoms with Crippen LogP contribution < -0.4 is 78.4 Å². The zero-order chi connectivity index (χ0) is 13.0. The zero-order valence-electron chi connectivity index (χ0n) is 11.7. The van der Waals surface area contributed by atoms with Gasteiger partial charge in [-0.05, 0) is 25.0 Å². The molecular weight excluding hydrogens is 385 g/mol. The van der Waals surface area contributed by atoms with E-state index in [2.05, 4.69) is 13.8 Å². The molecular formula is C14H18ClCsO3. The first kappa shape index (κ1) is 18.2. The van der Waals surface area contributed by atoms with Crippen LogP contribution in [0.2, 0.25) is 5.02 Å². The second kappa shape index (κ2) is 9.20. The van der Waals surface area contributed by atoms with Crippen LogP contribution >= 0.6 is 11.6 Å². The van der Waals surface area contributed by atoms with Crippen molar-refractivity contribution in [3.05, 3.63) is 29.8 Å². The molecule has 0 radical (unpaired) electrons. The van der Waals surface area contributed by atoms with Crippen LogP contribution in [0.1, 0.15) is 26.7 Å². The average Bonchev–Trinajstić information content (AvgIpc) is 2.75. The Hall–Kier alpha value is 1.12. The summed E-state index contributed by atoms with van der Waals surface area (Å²) < 4.78 is 16.7. The second-order valence-electron chi connectivity index (χ2n) is 4.47. The van der Waals surface area contributed by atoms with E-state index in [0.29, 0.717) is 23.3 Å². The molecule has 100 valence electrons. The summed E-state index contributed by atoms with van der Waals surface area (Å²) in [7, 11) is 0. The van der Waals surface area contributed by atoms with Gasteiger partial charge in [0.25, 0.3) is 0 Å². The van der Waals surface area contributed by atoms with E-state index in [-0.39, 0.29) is 75.2 Å². The average molecular weight is 403 g/mol. The Morgan fingerprint density at radius 2 is 2.26 bits per heavy atom. The minimum absolute atomic E-state index is 0. The third-order valence-corrected chi connectivity index (χ3v) is 2.97. The Balaban J connectivity index is 0.00000180. The Kier molecular flexibility index (Phi) is 8.80. The maximum atomic E-state index is 6.05. The largest absolute Gasteiger partial charge is 1.00 e. The molecule has 1 aromatic carbocycles. The SMILES string of the molecule is CCCOc1cc(OC2C[C@@H](C)[CH-]O2)ccc1Cl.[Cs+]. The summed E-state index contributed by atoms with van der Waals surface area (Å²) in [6, 6.07) is 5.42. The van der Waals surface area contributed by atoms with Gasteiger partial charge in [0.15, 0.2) is 6.29 Å². The van der Waals surface area contributed by atoms with Gasteiger partial charge >= 0.3 is 68.9 Å². The number of hydrogen-bond donors (Lipinski definition) is 0. The first-order chi connectivity index (χ1) is 8.69. The van der Waals surface area contributed by atoms with Crippen molar-refractivity contribution in [1.82, 2.24) is 0 Å². The smallest absolute Gasteiger partial charge is 0.520 e. The Morgan fingerprint density at radius 1 is 1.47 bits per heavy atom. The van der Waals surface area contributed by atoms with Gasteiger partial charge < -0.3 is 14.2 Å². The van der Waals surface area contributed by atoms with Crippen LogP contribution in [-0.2, 0) is 4.74 Å². The van der Waals surface area contributed by atoms with Crippen molar-refractivity contribution in [2.75, 3.05) is 6.61 Å². The summed E-state index contributed by atoms with van der Waals surface area (Å²) in [5, 5.41) is 0.600. The number of rotatable bonds is 5. The van der Waals surface area contributed by atoms with Crippen LogP contribution in [-0.4, -0.2) is 12.9 Å². The molecule has 19 heavy (non-hydrogen) atoms. The standard InChI is InChI=1S/C14H18ClO3.Cs/c1-3-6-16-13-8-11(4-5-12(13)15)18-14-7-10(2)9-17-14;/h4-5,8-10,14H,3,6-7H2,1-2H3;/q-1;+1/t10-,14?;/m1./s1. The topological polar surface area (TPSA) is 27.7 Å². The van der Waals surface area contributed by atoms with E-state index in [1.807, 2.05) is 18.7 Å². The molecule has 1 saturated heterocycles. The fourth-order valence-corrected chi connectivity index (χ4v) is 1.92. The summed E-state index contributed by atoms with van der Waals surface area (Å²) in [4.78, 5) is 0. The van der Waals surface area contributed by atoms with Crippen LogP contribution in [0.15, 0.2) is 18.2 Å². The van der Waals surface area contributed by atoms with Crippen molar-refractivity contribution in [2.45, 2.75) is 33.0 Å². The summed E-state index contributed by atoms with van der Waals surface area (Å²) in [5.41, 5.74) is 0. The van der Waals surface area contributed by atoms with Gasteiger partial charge in [-0.25, -0.2) is 6.61 Å². The van der Waals surface area contributed by atoms with Gasteiger partial charge in [-0.2, -0.15) is 0 Å². The molecule has 0 saturated carbocycles. The van der Waals surface area contributed by atoms with E-state index in [4.69, 9.17) is 25.8 Å². The van der Waals surface area contributed by atoms with Crippen molar-refractivity contribution < 1.29 is 83.1 Å². The molecule has 0 aliphatic carbocycles. The third-order valence-electron chi connectivity index (χ3n) is 2.66. The summed E-state index contributed by atoms with van der Waals surface area (Å²) in [5.74, 6) is 1.81. The van der Waals surface area contributed by atoms with Gasteiger partial charge in [0.05, 0.1) is 11.6 Å². The van der Waals surface area contributed by atoms with Gasteiger partial charge in [-0.15, -0.1) is 5.92 Å². The summed E-state index contributed by atoms with van der Waals surface area (Å²) in [6.07, 6.45) is 1.60. The maximum absolute atomic E-state index is 6.05. The molecule has 1 heterocycles. The predicted molar refractivity (Wildman–Crippen MR) is 70.8 cm³/mol. The number of ether oxygens (including phenoxy) is 3. The number of hydrogen-bond acceptors (Lipinski definition) is 3. The molecule has 1 unspecified atom stereocenters. The molecule has 0 aromatic heterocycles. The molecule has 1 aliphatic heterocycles. The normalized spacial score (nSPS) is 21.8. The molecule has 0 bridgehead atoms. The molecule has 0 spiro atoms. The first-order valence-electron chi connectivity index (χ1n) is 6.27. The summed E-state index contributed by atoms with van der Waals surface area (Å²) in [6.45, 7) is 6.61. The fraction of sp³-hybridized carbons (Fsp3) is 0.500. The van der Waals surface area contributed by atoms with Gasteiger partial charge in [-0.3, -0.25) is 0 Å². The van der Waals surface area contributed by atoms with Crippen LogP contribution in [0.5, 0.6) is 11.5 Å². The molecule has 1 aliphatic rings. The van der Waals surface area contributed by atoms with Crippen LogP contribution in [0.3, 0.4) is 0 Å². The Bertz CT molecular complexity index is 400. The predicted octanol–water partition coefficient (Wildman–Crippen LogP) is 1.06. The van der Waals surface area contributed by atoms with Crippen molar-refractivity contribution in [3.63, 3.8) is 0 Å².